The predicted molar refractivity (Wildman–Crippen MR) is 103 cm³/mol. The lowest BCUT2D eigenvalue weighted by molar-refractivity contribution is 0.690. The van der Waals surface area contributed by atoms with Gasteiger partial charge < -0.3 is 10.7 Å². The smallest absolute Gasteiger partial charge is 0.0403 e. The Balaban J connectivity index is 0.000000252. The second-order valence-electron chi connectivity index (χ2n) is 6.40. The van der Waals surface area contributed by atoms with Crippen molar-refractivity contribution in [1.82, 2.24) is 4.98 Å². The molecule has 24 heavy (non-hydrogen) atoms. The molecule has 5 rings (SSSR count). The number of nitrogens with one attached hydrogen (secondary N) is 1. The molecule has 0 fully saturated rings. The van der Waals surface area contributed by atoms with Gasteiger partial charge >= 0.3 is 0 Å². The Morgan fingerprint density at radius 1 is 0.792 bits per heavy atom. The summed E-state index contributed by atoms with van der Waals surface area (Å²) in [6, 6.07) is 19.1. The largest absolute Gasteiger partial charge is 0.398 e. The van der Waals surface area contributed by atoms with Crippen molar-refractivity contribution in [3.63, 3.8) is 0 Å². The summed E-state index contributed by atoms with van der Waals surface area (Å²) >= 11 is 0. The number of H-pyrrole nitrogens is 1. The van der Waals surface area contributed by atoms with Gasteiger partial charge in [0.25, 0.3) is 0 Å². The normalized spacial score (nSPS) is 13.3. The molecule has 4 aromatic rings. The number of aryl methyl sites for hydroxylation is 2. The third-order valence-electron chi connectivity index (χ3n) is 4.88. The Labute approximate surface area is 142 Å². The van der Waals surface area contributed by atoms with Crippen LogP contribution >= 0.6 is 0 Å². The highest BCUT2D eigenvalue weighted by atomic mass is 14.6. The van der Waals surface area contributed by atoms with Crippen LogP contribution in [-0.2, 0) is 12.8 Å². The summed E-state index contributed by atoms with van der Waals surface area (Å²) in [6.45, 7) is 0. The van der Waals surface area contributed by atoms with Gasteiger partial charge in [-0.15, -0.1) is 0 Å². The molecule has 0 atom stereocenters. The Morgan fingerprint density at radius 3 is 2.38 bits per heavy atom. The molecule has 0 saturated heterocycles. The minimum absolute atomic E-state index is 0.937. The van der Waals surface area contributed by atoms with Crippen LogP contribution in [0.1, 0.15) is 24.0 Å². The van der Waals surface area contributed by atoms with E-state index in [1.807, 2.05) is 24.5 Å². The van der Waals surface area contributed by atoms with Crippen molar-refractivity contribution >= 4 is 27.2 Å². The third kappa shape index (κ3) is 2.65. The maximum atomic E-state index is 6.35. The monoisotopic (exact) mass is 314 g/mol. The number of hydrogen-bond donors (Lipinski definition) is 2. The van der Waals surface area contributed by atoms with Gasteiger partial charge in [0, 0.05) is 23.5 Å². The quantitative estimate of drug-likeness (QED) is 0.328. The van der Waals surface area contributed by atoms with E-state index in [1.54, 1.807) is 0 Å². The molecule has 1 aliphatic rings. The lowest BCUT2D eigenvalue weighted by Crippen LogP contribution is -2.04. The first kappa shape index (κ1) is 14.8. The second kappa shape index (κ2) is 6.40. The van der Waals surface area contributed by atoms with Crippen molar-refractivity contribution in [2.45, 2.75) is 25.7 Å². The fraction of sp³-hybridized carbons (Fsp3) is 0.182. The topological polar surface area (TPSA) is 41.8 Å². The van der Waals surface area contributed by atoms with E-state index in [2.05, 4.69) is 47.4 Å². The van der Waals surface area contributed by atoms with Crippen LogP contribution in [0.4, 0.5) is 5.69 Å². The Kier molecular flexibility index (Phi) is 3.96. The first-order chi connectivity index (χ1) is 11.8. The van der Waals surface area contributed by atoms with Gasteiger partial charge in [0.15, 0.2) is 0 Å². The van der Waals surface area contributed by atoms with E-state index in [9.17, 15) is 0 Å². The summed E-state index contributed by atoms with van der Waals surface area (Å²) in [5.41, 5.74) is 10.3. The van der Waals surface area contributed by atoms with Crippen molar-refractivity contribution in [2.24, 2.45) is 0 Å². The van der Waals surface area contributed by atoms with Gasteiger partial charge in [-0.05, 0) is 71.2 Å². The highest BCUT2D eigenvalue weighted by Gasteiger charge is 2.15. The van der Waals surface area contributed by atoms with Crippen LogP contribution in [0.15, 0.2) is 67.0 Å². The van der Waals surface area contributed by atoms with Gasteiger partial charge in [-0.2, -0.15) is 0 Å². The number of fused-ring (bicyclic) bond motifs is 5. The van der Waals surface area contributed by atoms with Crippen LogP contribution in [0.2, 0.25) is 0 Å². The molecular formula is C22H22N2. The van der Waals surface area contributed by atoms with Crippen molar-refractivity contribution in [3.8, 4) is 0 Å². The molecule has 1 aliphatic carbocycles. The molecular weight excluding hydrogens is 292 g/mol. The molecule has 0 amide bonds. The highest BCUT2D eigenvalue weighted by molar-refractivity contribution is 6.13. The molecule has 0 unspecified atom stereocenters. The van der Waals surface area contributed by atoms with Crippen molar-refractivity contribution in [2.75, 3.05) is 5.73 Å². The number of nitrogen functional groups attached to an aromatic ring is 1. The number of aromatic amines is 1. The van der Waals surface area contributed by atoms with Crippen LogP contribution in [0, 0.1) is 0 Å². The fourth-order valence-electron chi connectivity index (χ4n) is 3.77. The van der Waals surface area contributed by atoms with Gasteiger partial charge in [-0.3, -0.25) is 0 Å². The van der Waals surface area contributed by atoms with E-state index in [1.165, 1.54) is 58.4 Å². The van der Waals surface area contributed by atoms with E-state index in [0.717, 1.165) is 5.69 Å². The Hall–Kier alpha value is -2.74. The predicted octanol–water partition coefficient (Wildman–Crippen LogP) is 5.47. The van der Waals surface area contributed by atoms with Gasteiger partial charge in [-0.25, -0.2) is 0 Å². The number of anilines is 1. The summed E-state index contributed by atoms with van der Waals surface area (Å²) in [6.07, 6.45) is 8.73. The molecule has 0 radical (unpaired) electrons. The van der Waals surface area contributed by atoms with Crippen LogP contribution in [0.3, 0.4) is 0 Å². The lowest BCUT2D eigenvalue weighted by atomic mass is 9.86. The molecule has 1 aromatic heterocycles. The van der Waals surface area contributed by atoms with E-state index in [0.29, 0.717) is 0 Å². The molecule has 3 N–H and O–H groups in total. The van der Waals surface area contributed by atoms with E-state index in [4.69, 9.17) is 5.73 Å². The minimum atomic E-state index is 0.937. The van der Waals surface area contributed by atoms with Gasteiger partial charge in [0.05, 0.1) is 0 Å². The summed E-state index contributed by atoms with van der Waals surface area (Å²) in [4.78, 5) is 2.86. The Bertz CT molecular complexity index is 951. The van der Waals surface area contributed by atoms with Crippen LogP contribution < -0.4 is 5.73 Å². The number of nitrogens with two attached hydrogens (primary N) is 1. The van der Waals surface area contributed by atoms with E-state index >= 15 is 0 Å². The zero-order valence-electron chi connectivity index (χ0n) is 13.8. The number of rotatable bonds is 0. The SMILES string of the molecule is Nc1cc2ccccc2c2ccc3c(c12)CCCC3.c1cc[nH]c1. The standard InChI is InChI=1S/C18H17N.C4H5N/c19-17-11-13-6-2-3-7-14(13)16-10-9-12-5-1-4-8-15(12)18(16)17;1-2-4-5-3-1/h2-3,6-7,9-11H,1,4-5,8,19H2;1-5H. The molecule has 3 aromatic carbocycles. The number of hydrogen-bond acceptors (Lipinski definition) is 1. The molecule has 2 heteroatoms. The van der Waals surface area contributed by atoms with Crippen molar-refractivity contribution in [3.05, 3.63) is 78.1 Å². The lowest BCUT2D eigenvalue weighted by Gasteiger charge is -2.20. The molecule has 120 valence electrons. The average Bonchev–Trinajstić information content (AvgIpc) is 3.21. The van der Waals surface area contributed by atoms with Crippen molar-refractivity contribution in [1.29, 1.82) is 0 Å². The van der Waals surface area contributed by atoms with Crippen molar-refractivity contribution < 1.29 is 0 Å². The summed E-state index contributed by atoms with van der Waals surface area (Å²) in [5.74, 6) is 0. The third-order valence-corrected chi connectivity index (χ3v) is 4.88. The van der Waals surface area contributed by atoms with Crippen LogP contribution in [0.25, 0.3) is 21.5 Å². The van der Waals surface area contributed by atoms with Gasteiger partial charge in [0.2, 0.25) is 0 Å². The zero-order valence-corrected chi connectivity index (χ0v) is 13.8. The van der Waals surface area contributed by atoms with E-state index in [-0.39, 0.29) is 0 Å². The molecule has 2 nitrogen and oxygen atoms in total. The maximum Gasteiger partial charge on any atom is 0.0403 e. The Morgan fingerprint density at radius 2 is 1.58 bits per heavy atom. The summed E-state index contributed by atoms with van der Waals surface area (Å²) in [5, 5.41) is 5.18. The van der Waals surface area contributed by atoms with Gasteiger partial charge in [0.1, 0.15) is 0 Å². The zero-order chi connectivity index (χ0) is 16.4. The second-order valence-corrected chi connectivity index (χ2v) is 6.40. The molecule has 0 aliphatic heterocycles. The number of benzene rings is 3. The van der Waals surface area contributed by atoms with E-state index < -0.39 is 0 Å². The van der Waals surface area contributed by atoms with Crippen LogP contribution in [0.5, 0.6) is 0 Å². The summed E-state index contributed by atoms with van der Waals surface area (Å²) in [7, 11) is 0. The molecule has 0 bridgehead atoms. The first-order valence-corrected chi connectivity index (χ1v) is 8.64. The average molecular weight is 314 g/mol. The number of aromatic nitrogens is 1. The minimum Gasteiger partial charge on any atom is -0.398 e. The first-order valence-electron chi connectivity index (χ1n) is 8.64. The molecule has 1 heterocycles. The van der Waals surface area contributed by atoms with Gasteiger partial charge in [-0.1, -0.05) is 36.4 Å². The van der Waals surface area contributed by atoms with Crippen LogP contribution in [-0.4, -0.2) is 4.98 Å². The highest BCUT2D eigenvalue weighted by Crippen LogP contribution is 2.36. The summed E-state index contributed by atoms with van der Waals surface area (Å²) < 4.78 is 0. The molecule has 0 spiro atoms. The molecule has 0 saturated carbocycles. The maximum absolute atomic E-state index is 6.35. The fourth-order valence-corrected chi connectivity index (χ4v) is 3.77.